The number of rotatable bonds is 8. The number of nitrogens with zero attached hydrogens (tertiary/aromatic N) is 1. The van der Waals surface area contributed by atoms with Gasteiger partial charge in [0.15, 0.2) is 6.29 Å². The normalized spacial score (nSPS) is 15.9. The van der Waals surface area contributed by atoms with Crippen LogP contribution in [0.3, 0.4) is 0 Å². The molecule has 2 N–H and O–H groups in total. The van der Waals surface area contributed by atoms with Crippen LogP contribution in [0, 0.1) is 0 Å². The van der Waals surface area contributed by atoms with E-state index in [-0.39, 0.29) is 42.2 Å². The molecule has 0 saturated carbocycles. The highest BCUT2D eigenvalue weighted by atomic mass is 32.2. The van der Waals surface area contributed by atoms with E-state index in [1.807, 2.05) is 0 Å². The molecule has 1 unspecified atom stereocenters. The molecule has 1 aliphatic rings. The molecule has 2 aromatic rings. The number of carbonyl (C=O) groups is 5. The Kier molecular flexibility index (Phi) is 6.63. The quantitative estimate of drug-likeness (QED) is 0.216. The topological polar surface area (TPSA) is 121 Å². The zero-order chi connectivity index (χ0) is 21.7. The third kappa shape index (κ3) is 4.57. The molecule has 1 fully saturated rings. The van der Waals surface area contributed by atoms with Gasteiger partial charge in [-0.1, -0.05) is 18.2 Å². The second-order valence-electron chi connectivity index (χ2n) is 6.44. The lowest BCUT2D eigenvalue weighted by molar-refractivity contribution is -0.121. The number of phenolic OH excluding ortho intramolecular Hbond substituents is 1. The summed E-state index contributed by atoms with van der Waals surface area (Å²) in [4.78, 5) is 59.9. The number of thioether (sulfide) groups is 1. The first-order chi connectivity index (χ1) is 14.4. The maximum atomic E-state index is 12.5. The van der Waals surface area contributed by atoms with Gasteiger partial charge in [-0.05, 0) is 30.3 Å². The molecule has 1 heterocycles. The SMILES string of the molecule is O=CC(=O)c1ccc(C(=O)NCCSC2CC(=O)N(c3ccccc3)C2=O)c(O)c1. The average molecular weight is 426 g/mol. The predicted molar refractivity (Wildman–Crippen MR) is 111 cm³/mol. The van der Waals surface area contributed by atoms with Crippen LogP contribution in [-0.4, -0.2) is 52.4 Å². The van der Waals surface area contributed by atoms with Crippen LogP contribution in [0.15, 0.2) is 48.5 Å². The van der Waals surface area contributed by atoms with Gasteiger partial charge in [-0.15, -0.1) is 11.8 Å². The van der Waals surface area contributed by atoms with Crippen LogP contribution in [0.4, 0.5) is 5.69 Å². The summed E-state index contributed by atoms with van der Waals surface area (Å²) in [5, 5.41) is 12.0. The number of anilines is 1. The molecule has 0 aromatic heterocycles. The number of nitrogens with one attached hydrogen (secondary N) is 1. The van der Waals surface area contributed by atoms with Gasteiger partial charge in [0.1, 0.15) is 5.75 Å². The summed E-state index contributed by atoms with van der Waals surface area (Å²) in [7, 11) is 0. The van der Waals surface area contributed by atoms with Crippen LogP contribution in [0.25, 0.3) is 0 Å². The van der Waals surface area contributed by atoms with E-state index in [1.54, 1.807) is 30.3 Å². The summed E-state index contributed by atoms with van der Waals surface area (Å²) >= 11 is 1.27. The van der Waals surface area contributed by atoms with Crippen LogP contribution < -0.4 is 10.2 Å². The molecule has 1 saturated heterocycles. The maximum absolute atomic E-state index is 12.5. The molecule has 0 bridgehead atoms. The van der Waals surface area contributed by atoms with E-state index < -0.39 is 22.7 Å². The second-order valence-corrected chi connectivity index (χ2v) is 7.75. The van der Waals surface area contributed by atoms with Crippen molar-refractivity contribution in [2.24, 2.45) is 0 Å². The minimum Gasteiger partial charge on any atom is -0.507 e. The lowest BCUT2D eigenvalue weighted by atomic mass is 10.1. The Morgan fingerprint density at radius 2 is 1.90 bits per heavy atom. The van der Waals surface area contributed by atoms with Crippen LogP contribution in [0.1, 0.15) is 27.1 Å². The highest BCUT2D eigenvalue weighted by molar-refractivity contribution is 8.00. The minimum absolute atomic E-state index is 0.0120. The van der Waals surface area contributed by atoms with E-state index >= 15 is 0 Å². The number of aldehydes is 1. The third-order valence-corrected chi connectivity index (χ3v) is 5.67. The first kappa shape index (κ1) is 21.3. The van der Waals surface area contributed by atoms with E-state index in [0.29, 0.717) is 11.4 Å². The lowest BCUT2D eigenvalue weighted by Gasteiger charge is -2.14. The van der Waals surface area contributed by atoms with Crippen LogP contribution >= 0.6 is 11.8 Å². The zero-order valence-electron chi connectivity index (χ0n) is 15.7. The molecular formula is C21H18N2O6S. The fourth-order valence-electron chi connectivity index (χ4n) is 2.99. The standard InChI is InChI=1S/C21H18N2O6S/c24-12-17(26)13-6-7-15(16(25)10-13)20(28)22-8-9-30-18-11-19(27)23(21(18)29)14-4-2-1-3-5-14/h1-7,10,12,18,25H,8-9,11H2,(H,22,28). The number of aromatic hydroxyl groups is 1. The van der Waals surface area contributed by atoms with Crippen molar-refractivity contribution in [3.8, 4) is 5.75 Å². The zero-order valence-corrected chi connectivity index (χ0v) is 16.6. The van der Waals surface area contributed by atoms with Gasteiger partial charge >= 0.3 is 0 Å². The number of hydrogen-bond donors (Lipinski definition) is 2. The van der Waals surface area contributed by atoms with Crippen molar-refractivity contribution in [1.29, 1.82) is 0 Å². The van der Waals surface area contributed by atoms with E-state index in [0.717, 1.165) is 6.07 Å². The summed E-state index contributed by atoms with van der Waals surface area (Å²) in [6.07, 6.45) is 0.221. The minimum atomic E-state index is -0.797. The molecule has 0 spiro atoms. The number of hydrogen-bond acceptors (Lipinski definition) is 7. The summed E-state index contributed by atoms with van der Waals surface area (Å²) in [5.41, 5.74) is 0.489. The maximum Gasteiger partial charge on any atom is 0.255 e. The predicted octanol–water partition coefficient (Wildman–Crippen LogP) is 1.57. The monoisotopic (exact) mass is 426 g/mol. The summed E-state index contributed by atoms with van der Waals surface area (Å²) < 4.78 is 0. The molecule has 0 radical (unpaired) electrons. The molecule has 3 amide bonds. The Morgan fingerprint density at radius 3 is 2.57 bits per heavy atom. The van der Waals surface area contributed by atoms with Crippen molar-refractivity contribution in [1.82, 2.24) is 5.32 Å². The highest BCUT2D eigenvalue weighted by Gasteiger charge is 2.39. The van der Waals surface area contributed by atoms with Gasteiger partial charge in [0, 0.05) is 24.3 Å². The number of ketones is 1. The Morgan fingerprint density at radius 1 is 1.17 bits per heavy atom. The number of phenols is 1. The van der Waals surface area contributed by atoms with Gasteiger partial charge in [0.05, 0.1) is 16.5 Å². The van der Waals surface area contributed by atoms with Gasteiger partial charge in [0.2, 0.25) is 17.6 Å². The fraction of sp³-hybridized carbons (Fsp3) is 0.190. The van der Waals surface area contributed by atoms with E-state index in [1.165, 1.54) is 28.8 Å². The highest BCUT2D eigenvalue weighted by Crippen LogP contribution is 2.29. The Labute approximate surface area is 176 Å². The van der Waals surface area contributed by atoms with Gasteiger partial charge in [-0.3, -0.25) is 24.0 Å². The number of para-hydroxylation sites is 1. The first-order valence-electron chi connectivity index (χ1n) is 9.06. The summed E-state index contributed by atoms with van der Waals surface area (Å²) in [6, 6.07) is 12.3. The summed E-state index contributed by atoms with van der Waals surface area (Å²) in [6.45, 7) is 0.210. The van der Waals surface area contributed by atoms with Gasteiger partial charge < -0.3 is 10.4 Å². The smallest absolute Gasteiger partial charge is 0.255 e. The van der Waals surface area contributed by atoms with Crippen LogP contribution in [-0.2, 0) is 14.4 Å². The second kappa shape index (κ2) is 9.36. The summed E-state index contributed by atoms with van der Waals surface area (Å²) in [5.74, 6) is -1.92. The van der Waals surface area contributed by atoms with E-state index in [2.05, 4.69) is 5.32 Å². The van der Waals surface area contributed by atoms with Crippen LogP contribution in [0.2, 0.25) is 0 Å². The lowest BCUT2D eigenvalue weighted by Crippen LogP contribution is -2.31. The number of Topliss-reactive ketones (excluding diaryl/α,β-unsaturated/α-hetero) is 1. The molecular weight excluding hydrogens is 408 g/mol. The van der Waals surface area contributed by atoms with E-state index in [4.69, 9.17) is 0 Å². The molecule has 0 aliphatic carbocycles. The van der Waals surface area contributed by atoms with Crippen molar-refractivity contribution in [2.75, 3.05) is 17.2 Å². The Balaban J connectivity index is 1.51. The van der Waals surface area contributed by atoms with Crippen molar-refractivity contribution in [3.63, 3.8) is 0 Å². The molecule has 8 nitrogen and oxygen atoms in total. The molecule has 2 aromatic carbocycles. The molecule has 30 heavy (non-hydrogen) atoms. The van der Waals surface area contributed by atoms with Gasteiger partial charge in [-0.2, -0.15) is 0 Å². The van der Waals surface area contributed by atoms with Crippen molar-refractivity contribution in [3.05, 3.63) is 59.7 Å². The van der Waals surface area contributed by atoms with Gasteiger partial charge in [0.25, 0.3) is 5.91 Å². The number of benzene rings is 2. The molecule has 9 heteroatoms. The molecule has 1 aliphatic heterocycles. The molecule has 3 rings (SSSR count). The number of amides is 3. The Bertz CT molecular complexity index is 1010. The number of imide groups is 1. The van der Waals surface area contributed by atoms with E-state index in [9.17, 15) is 29.1 Å². The van der Waals surface area contributed by atoms with Gasteiger partial charge in [-0.25, -0.2) is 4.90 Å². The third-order valence-electron chi connectivity index (χ3n) is 4.46. The van der Waals surface area contributed by atoms with Crippen molar-refractivity contribution >= 4 is 47.2 Å². The first-order valence-corrected chi connectivity index (χ1v) is 10.1. The molecule has 154 valence electrons. The Hall–Kier alpha value is -3.46. The fourth-order valence-corrected chi connectivity index (χ4v) is 4.00. The number of carbonyl (C=O) groups excluding carboxylic acids is 5. The molecule has 1 atom stereocenters. The van der Waals surface area contributed by atoms with Crippen molar-refractivity contribution < 1.29 is 29.1 Å². The van der Waals surface area contributed by atoms with Crippen molar-refractivity contribution in [2.45, 2.75) is 11.7 Å². The largest absolute Gasteiger partial charge is 0.507 e. The average Bonchev–Trinajstić information content (AvgIpc) is 3.03. The van der Waals surface area contributed by atoms with Crippen LogP contribution in [0.5, 0.6) is 5.75 Å².